The van der Waals surface area contributed by atoms with Crippen molar-refractivity contribution in [3.05, 3.63) is 35.4 Å². The van der Waals surface area contributed by atoms with Crippen molar-refractivity contribution in [3.63, 3.8) is 0 Å². The van der Waals surface area contributed by atoms with Gasteiger partial charge in [-0.2, -0.15) is 0 Å². The first kappa shape index (κ1) is 11.1. The molecule has 0 amide bonds. The van der Waals surface area contributed by atoms with Gasteiger partial charge in [-0.05, 0) is 29.9 Å². The number of aliphatic hydroxyl groups excluding tert-OH is 1. The zero-order chi connectivity index (χ0) is 11.5. The van der Waals surface area contributed by atoms with Crippen molar-refractivity contribution < 1.29 is 14.6 Å². The Morgan fingerprint density at radius 2 is 2.00 bits per heavy atom. The zero-order valence-corrected chi connectivity index (χ0v) is 9.35. The Morgan fingerprint density at radius 1 is 1.38 bits per heavy atom. The highest BCUT2D eigenvalue weighted by molar-refractivity contribution is 5.76. The van der Waals surface area contributed by atoms with Crippen LogP contribution in [0.4, 0.5) is 0 Å². The molecule has 2 rings (SSSR count). The summed E-state index contributed by atoms with van der Waals surface area (Å²) < 4.78 is 4.49. The Bertz CT molecular complexity index is 365. The minimum atomic E-state index is -1.17. The monoisotopic (exact) mass is 220 g/mol. The number of carbonyl (C=O) groups excluding carboxylic acids is 1. The molecule has 0 aliphatic heterocycles. The van der Waals surface area contributed by atoms with Crippen molar-refractivity contribution in [2.45, 2.75) is 31.3 Å². The van der Waals surface area contributed by atoms with Crippen LogP contribution in [0, 0.1) is 0 Å². The van der Waals surface area contributed by atoms with Crippen molar-refractivity contribution in [3.8, 4) is 0 Å². The third kappa shape index (κ3) is 2.09. The standard InChI is InChI=1S/C13H16O3/c1-16-13(15)12(14)11-7-5-10(6-8-11)9-3-2-4-9/h5-9,12,14H,2-4H2,1H3. The first-order valence-electron chi connectivity index (χ1n) is 5.58. The van der Waals surface area contributed by atoms with Crippen LogP contribution in [0.5, 0.6) is 0 Å². The van der Waals surface area contributed by atoms with E-state index in [0.717, 1.165) is 0 Å². The van der Waals surface area contributed by atoms with Crippen molar-refractivity contribution in [1.29, 1.82) is 0 Å². The predicted octanol–water partition coefficient (Wildman–Crippen LogP) is 2.16. The van der Waals surface area contributed by atoms with Crippen molar-refractivity contribution in [2.24, 2.45) is 0 Å². The van der Waals surface area contributed by atoms with Crippen LogP contribution in [0.3, 0.4) is 0 Å². The summed E-state index contributed by atoms with van der Waals surface area (Å²) in [7, 11) is 1.27. The van der Waals surface area contributed by atoms with Gasteiger partial charge in [0.05, 0.1) is 7.11 Å². The summed E-state index contributed by atoms with van der Waals surface area (Å²) in [4.78, 5) is 11.1. The van der Waals surface area contributed by atoms with Gasteiger partial charge in [-0.25, -0.2) is 4.79 Å². The minimum absolute atomic E-state index is 0.593. The average Bonchev–Trinajstić information content (AvgIpc) is 2.26. The summed E-state index contributed by atoms with van der Waals surface area (Å²) in [6.45, 7) is 0. The number of hydrogen-bond donors (Lipinski definition) is 1. The van der Waals surface area contributed by atoms with Crippen LogP contribution in [0.1, 0.15) is 42.4 Å². The smallest absolute Gasteiger partial charge is 0.339 e. The highest BCUT2D eigenvalue weighted by Gasteiger charge is 2.21. The molecule has 1 saturated carbocycles. The molecular formula is C13H16O3. The molecular weight excluding hydrogens is 204 g/mol. The number of ether oxygens (including phenoxy) is 1. The molecule has 3 nitrogen and oxygen atoms in total. The quantitative estimate of drug-likeness (QED) is 0.794. The van der Waals surface area contributed by atoms with E-state index in [9.17, 15) is 9.90 Å². The summed E-state index contributed by atoms with van der Waals surface area (Å²) in [5, 5.41) is 9.62. The molecule has 0 heterocycles. The molecule has 1 fully saturated rings. The van der Waals surface area contributed by atoms with Gasteiger partial charge >= 0.3 is 5.97 Å². The second kappa shape index (κ2) is 4.66. The van der Waals surface area contributed by atoms with Crippen molar-refractivity contribution in [1.82, 2.24) is 0 Å². The van der Waals surface area contributed by atoms with Gasteiger partial charge in [0.25, 0.3) is 0 Å². The minimum Gasteiger partial charge on any atom is -0.467 e. The lowest BCUT2D eigenvalue weighted by Gasteiger charge is -2.26. The van der Waals surface area contributed by atoms with E-state index in [-0.39, 0.29) is 0 Å². The number of carbonyl (C=O) groups is 1. The first-order valence-corrected chi connectivity index (χ1v) is 5.58. The maximum Gasteiger partial charge on any atom is 0.339 e. The largest absolute Gasteiger partial charge is 0.467 e. The molecule has 1 unspecified atom stereocenters. The van der Waals surface area contributed by atoms with Gasteiger partial charge in [0, 0.05) is 0 Å². The van der Waals surface area contributed by atoms with Gasteiger partial charge in [-0.1, -0.05) is 30.7 Å². The van der Waals surface area contributed by atoms with Gasteiger partial charge in [-0.15, -0.1) is 0 Å². The number of aliphatic hydroxyl groups is 1. The maximum absolute atomic E-state index is 11.1. The number of benzene rings is 1. The zero-order valence-electron chi connectivity index (χ0n) is 9.35. The van der Waals surface area contributed by atoms with Crippen LogP contribution in [-0.2, 0) is 9.53 Å². The first-order chi connectivity index (χ1) is 7.72. The fourth-order valence-corrected chi connectivity index (χ4v) is 1.94. The molecule has 1 aliphatic carbocycles. The van der Waals surface area contributed by atoms with Crippen LogP contribution in [0.15, 0.2) is 24.3 Å². The summed E-state index contributed by atoms with van der Waals surface area (Å²) in [5.74, 6) is 0.0562. The van der Waals surface area contributed by atoms with Gasteiger partial charge in [0.2, 0.25) is 0 Å². The summed E-state index contributed by atoms with van der Waals surface area (Å²) in [6, 6.07) is 7.58. The maximum atomic E-state index is 11.1. The number of esters is 1. The lowest BCUT2D eigenvalue weighted by molar-refractivity contribution is -0.150. The molecule has 16 heavy (non-hydrogen) atoms. The van der Waals surface area contributed by atoms with E-state index < -0.39 is 12.1 Å². The second-order valence-electron chi connectivity index (χ2n) is 4.22. The highest BCUT2D eigenvalue weighted by Crippen LogP contribution is 2.36. The van der Waals surface area contributed by atoms with Gasteiger partial charge < -0.3 is 9.84 Å². The molecule has 0 saturated heterocycles. The van der Waals surface area contributed by atoms with E-state index in [1.807, 2.05) is 12.1 Å². The van der Waals surface area contributed by atoms with E-state index in [4.69, 9.17) is 0 Å². The molecule has 0 bridgehead atoms. The van der Waals surface area contributed by atoms with Gasteiger partial charge in [0.15, 0.2) is 6.10 Å². The number of rotatable bonds is 3. The predicted molar refractivity (Wildman–Crippen MR) is 60.0 cm³/mol. The molecule has 1 aromatic rings. The van der Waals surface area contributed by atoms with E-state index in [1.165, 1.54) is 31.9 Å². The normalized spacial score (nSPS) is 17.6. The summed E-state index contributed by atoms with van der Waals surface area (Å²) >= 11 is 0. The summed E-state index contributed by atoms with van der Waals surface area (Å²) in [6.07, 6.45) is 2.63. The van der Waals surface area contributed by atoms with Crippen molar-refractivity contribution >= 4 is 5.97 Å². The lowest BCUT2D eigenvalue weighted by atomic mass is 9.80. The van der Waals surface area contributed by atoms with Crippen LogP contribution >= 0.6 is 0 Å². The van der Waals surface area contributed by atoms with E-state index in [0.29, 0.717) is 11.5 Å². The highest BCUT2D eigenvalue weighted by atomic mass is 16.5. The average molecular weight is 220 g/mol. The van der Waals surface area contributed by atoms with Crippen LogP contribution in [0.2, 0.25) is 0 Å². The van der Waals surface area contributed by atoms with Gasteiger partial charge in [-0.3, -0.25) is 0 Å². The van der Waals surface area contributed by atoms with Gasteiger partial charge in [0.1, 0.15) is 0 Å². The third-order valence-electron chi connectivity index (χ3n) is 3.25. The third-order valence-corrected chi connectivity index (χ3v) is 3.25. The van der Waals surface area contributed by atoms with Crippen LogP contribution in [-0.4, -0.2) is 18.2 Å². The fourth-order valence-electron chi connectivity index (χ4n) is 1.94. The number of hydrogen-bond acceptors (Lipinski definition) is 3. The Hall–Kier alpha value is -1.35. The number of methoxy groups -OCH3 is 1. The van der Waals surface area contributed by atoms with E-state index >= 15 is 0 Å². The Morgan fingerprint density at radius 3 is 2.44 bits per heavy atom. The molecule has 1 aromatic carbocycles. The molecule has 3 heteroatoms. The molecule has 1 aliphatic rings. The molecule has 0 radical (unpaired) electrons. The molecule has 1 atom stereocenters. The SMILES string of the molecule is COC(=O)C(O)c1ccc(C2CCC2)cc1. The molecule has 0 aromatic heterocycles. The van der Waals surface area contributed by atoms with E-state index in [1.54, 1.807) is 12.1 Å². The van der Waals surface area contributed by atoms with Crippen molar-refractivity contribution in [2.75, 3.05) is 7.11 Å². The van der Waals surface area contributed by atoms with Crippen LogP contribution in [0.25, 0.3) is 0 Å². The second-order valence-corrected chi connectivity index (χ2v) is 4.22. The molecule has 86 valence electrons. The fraction of sp³-hybridized carbons (Fsp3) is 0.462. The topological polar surface area (TPSA) is 46.5 Å². The Labute approximate surface area is 95.0 Å². The molecule has 0 spiro atoms. The Kier molecular flexibility index (Phi) is 3.25. The van der Waals surface area contributed by atoms with E-state index in [2.05, 4.69) is 4.74 Å². The lowest BCUT2D eigenvalue weighted by Crippen LogP contribution is -2.14. The summed E-state index contributed by atoms with van der Waals surface area (Å²) in [5.41, 5.74) is 1.89. The molecule has 1 N–H and O–H groups in total. The Balaban J connectivity index is 2.09. The van der Waals surface area contributed by atoms with Crippen LogP contribution < -0.4 is 0 Å².